The van der Waals surface area contributed by atoms with Crippen LogP contribution in [-0.4, -0.2) is 10.9 Å². The SMILES string of the molecule is ClCC(Cc1nccs1)c1cccc(Cl)c1. The summed E-state index contributed by atoms with van der Waals surface area (Å²) < 4.78 is 0. The lowest BCUT2D eigenvalue weighted by molar-refractivity contribution is 0.761. The van der Waals surface area contributed by atoms with Crippen LogP contribution < -0.4 is 0 Å². The smallest absolute Gasteiger partial charge is 0.0931 e. The van der Waals surface area contributed by atoms with E-state index in [1.807, 2.05) is 29.8 Å². The van der Waals surface area contributed by atoms with Gasteiger partial charge in [-0.2, -0.15) is 0 Å². The van der Waals surface area contributed by atoms with Gasteiger partial charge < -0.3 is 0 Å². The lowest BCUT2D eigenvalue weighted by atomic mass is 9.98. The van der Waals surface area contributed by atoms with E-state index in [0.717, 1.165) is 16.5 Å². The second-order valence-electron chi connectivity index (χ2n) is 3.54. The number of hydrogen-bond acceptors (Lipinski definition) is 2. The second-order valence-corrected chi connectivity index (χ2v) is 5.26. The molecule has 0 fully saturated rings. The molecular formula is C12H11Cl2NS. The van der Waals surface area contributed by atoms with Gasteiger partial charge in [-0.15, -0.1) is 22.9 Å². The maximum Gasteiger partial charge on any atom is 0.0931 e. The standard InChI is InChI=1S/C12H11Cl2NS/c13-8-10(7-12-15-4-5-16-12)9-2-1-3-11(14)6-9/h1-6,10H,7-8H2. The van der Waals surface area contributed by atoms with Gasteiger partial charge in [0.2, 0.25) is 0 Å². The van der Waals surface area contributed by atoms with Crippen molar-refractivity contribution < 1.29 is 0 Å². The molecule has 0 spiro atoms. The Labute approximate surface area is 109 Å². The first-order valence-corrected chi connectivity index (χ1v) is 6.78. The molecule has 84 valence electrons. The van der Waals surface area contributed by atoms with Gasteiger partial charge in [-0.1, -0.05) is 23.7 Å². The van der Waals surface area contributed by atoms with Gasteiger partial charge in [-0.3, -0.25) is 0 Å². The third-order valence-corrected chi connectivity index (χ3v) is 3.82. The quantitative estimate of drug-likeness (QED) is 0.753. The zero-order valence-electron chi connectivity index (χ0n) is 8.57. The highest BCUT2D eigenvalue weighted by Crippen LogP contribution is 2.25. The van der Waals surface area contributed by atoms with Crippen molar-refractivity contribution in [1.82, 2.24) is 4.98 Å². The molecule has 1 aromatic carbocycles. The number of nitrogens with zero attached hydrogens (tertiary/aromatic N) is 1. The molecule has 0 N–H and O–H groups in total. The fourth-order valence-corrected chi connectivity index (χ4v) is 2.77. The topological polar surface area (TPSA) is 12.9 Å². The molecular weight excluding hydrogens is 261 g/mol. The van der Waals surface area contributed by atoms with Crippen LogP contribution in [0.5, 0.6) is 0 Å². The van der Waals surface area contributed by atoms with Gasteiger partial charge >= 0.3 is 0 Å². The molecule has 0 saturated carbocycles. The van der Waals surface area contributed by atoms with E-state index in [1.165, 1.54) is 5.56 Å². The maximum absolute atomic E-state index is 6.01. The average Bonchev–Trinajstić information content (AvgIpc) is 2.78. The Hall–Kier alpha value is -0.570. The van der Waals surface area contributed by atoms with Gasteiger partial charge in [-0.05, 0) is 17.7 Å². The minimum absolute atomic E-state index is 0.284. The summed E-state index contributed by atoms with van der Waals surface area (Å²) in [5.74, 6) is 0.867. The molecule has 1 unspecified atom stereocenters. The Balaban J connectivity index is 2.16. The molecule has 16 heavy (non-hydrogen) atoms. The molecule has 2 rings (SSSR count). The number of alkyl halides is 1. The van der Waals surface area contributed by atoms with Crippen molar-refractivity contribution in [1.29, 1.82) is 0 Å². The summed E-state index contributed by atoms with van der Waals surface area (Å²) in [5, 5.41) is 3.86. The molecule has 0 saturated heterocycles. The number of rotatable bonds is 4. The summed E-state index contributed by atoms with van der Waals surface area (Å²) in [6, 6.07) is 7.87. The Bertz CT molecular complexity index is 442. The Morgan fingerprint density at radius 3 is 2.88 bits per heavy atom. The molecule has 0 radical (unpaired) electrons. The molecule has 1 aromatic heterocycles. The lowest BCUT2D eigenvalue weighted by Gasteiger charge is -2.12. The maximum atomic E-state index is 6.01. The lowest BCUT2D eigenvalue weighted by Crippen LogP contribution is -2.04. The summed E-state index contributed by atoms with van der Waals surface area (Å²) in [5.41, 5.74) is 1.18. The molecule has 1 heterocycles. The zero-order chi connectivity index (χ0) is 11.4. The average molecular weight is 272 g/mol. The fraction of sp³-hybridized carbons (Fsp3) is 0.250. The monoisotopic (exact) mass is 271 g/mol. The molecule has 0 amide bonds. The first-order chi connectivity index (χ1) is 7.79. The van der Waals surface area contributed by atoms with Gasteiger partial charge in [0.05, 0.1) is 5.01 Å². The molecule has 4 heteroatoms. The van der Waals surface area contributed by atoms with E-state index in [1.54, 1.807) is 11.3 Å². The fourth-order valence-electron chi connectivity index (χ4n) is 1.59. The van der Waals surface area contributed by atoms with Gasteiger partial charge in [0.25, 0.3) is 0 Å². The number of halogens is 2. The summed E-state index contributed by atoms with van der Waals surface area (Å²) in [6.45, 7) is 0. The van der Waals surface area contributed by atoms with Crippen molar-refractivity contribution >= 4 is 34.5 Å². The van der Waals surface area contributed by atoms with Crippen LogP contribution in [0.3, 0.4) is 0 Å². The van der Waals surface area contributed by atoms with Crippen LogP contribution in [0.2, 0.25) is 5.02 Å². The van der Waals surface area contributed by atoms with E-state index >= 15 is 0 Å². The molecule has 0 aliphatic heterocycles. The van der Waals surface area contributed by atoms with Crippen molar-refractivity contribution in [3.05, 3.63) is 51.4 Å². The van der Waals surface area contributed by atoms with Crippen molar-refractivity contribution in [3.63, 3.8) is 0 Å². The summed E-state index contributed by atoms with van der Waals surface area (Å²) in [4.78, 5) is 4.28. The second kappa shape index (κ2) is 5.67. The highest BCUT2D eigenvalue weighted by molar-refractivity contribution is 7.09. The predicted molar refractivity (Wildman–Crippen MR) is 70.7 cm³/mol. The number of hydrogen-bond donors (Lipinski definition) is 0. The first kappa shape index (κ1) is 11.9. The van der Waals surface area contributed by atoms with Crippen LogP contribution in [0.15, 0.2) is 35.8 Å². The van der Waals surface area contributed by atoms with E-state index in [9.17, 15) is 0 Å². The third-order valence-electron chi connectivity index (χ3n) is 2.41. The van der Waals surface area contributed by atoms with E-state index in [4.69, 9.17) is 23.2 Å². The van der Waals surface area contributed by atoms with Crippen LogP contribution >= 0.6 is 34.5 Å². The van der Waals surface area contributed by atoms with Crippen LogP contribution in [0.1, 0.15) is 16.5 Å². The Morgan fingerprint density at radius 1 is 1.38 bits per heavy atom. The molecule has 0 aliphatic rings. The van der Waals surface area contributed by atoms with Gasteiger partial charge in [0, 0.05) is 34.8 Å². The van der Waals surface area contributed by atoms with Gasteiger partial charge in [0.15, 0.2) is 0 Å². The largest absolute Gasteiger partial charge is 0.250 e. The number of aromatic nitrogens is 1. The summed E-state index contributed by atoms with van der Waals surface area (Å²) in [6.07, 6.45) is 2.70. The highest BCUT2D eigenvalue weighted by atomic mass is 35.5. The molecule has 2 aromatic rings. The zero-order valence-corrected chi connectivity index (χ0v) is 10.9. The Morgan fingerprint density at radius 2 is 2.25 bits per heavy atom. The van der Waals surface area contributed by atoms with E-state index in [0.29, 0.717) is 5.88 Å². The van der Waals surface area contributed by atoms with Crippen molar-refractivity contribution in [2.75, 3.05) is 5.88 Å². The summed E-state index contributed by atoms with van der Waals surface area (Å²) in [7, 11) is 0. The van der Waals surface area contributed by atoms with E-state index in [2.05, 4.69) is 11.1 Å². The van der Waals surface area contributed by atoms with Crippen molar-refractivity contribution in [2.24, 2.45) is 0 Å². The molecule has 1 atom stereocenters. The molecule has 0 aliphatic carbocycles. The minimum atomic E-state index is 0.284. The highest BCUT2D eigenvalue weighted by Gasteiger charge is 2.12. The van der Waals surface area contributed by atoms with E-state index in [-0.39, 0.29) is 5.92 Å². The number of thiazole rings is 1. The van der Waals surface area contributed by atoms with Crippen LogP contribution in [0.25, 0.3) is 0 Å². The van der Waals surface area contributed by atoms with Crippen molar-refractivity contribution in [2.45, 2.75) is 12.3 Å². The normalized spacial score (nSPS) is 12.6. The first-order valence-electron chi connectivity index (χ1n) is 4.99. The summed E-state index contributed by atoms with van der Waals surface area (Å²) >= 11 is 13.6. The third kappa shape index (κ3) is 2.97. The minimum Gasteiger partial charge on any atom is -0.250 e. The van der Waals surface area contributed by atoms with Crippen LogP contribution in [-0.2, 0) is 6.42 Å². The molecule has 1 nitrogen and oxygen atoms in total. The van der Waals surface area contributed by atoms with E-state index < -0.39 is 0 Å². The molecule has 0 bridgehead atoms. The Kier molecular flexibility index (Phi) is 4.22. The van der Waals surface area contributed by atoms with Crippen molar-refractivity contribution in [3.8, 4) is 0 Å². The van der Waals surface area contributed by atoms with Gasteiger partial charge in [0.1, 0.15) is 0 Å². The predicted octanol–water partition coefficient (Wildman–Crippen LogP) is 4.36. The number of benzene rings is 1. The van der Waals surface area contributed by atoms with Gasteiger partial charge in [-0.25, -0.2) is 4.98 Å². The van der Waals surface area contributed by atoms with Crippen LogP contribution in [0, 0.1) is 0 Å². The van der Waals surface area contributed by atoms with Crippen LogP contribution in [0.4, 0.5) is 0 Å².